The van der Waals surface area contributed by atoms with Crippen LogP contribution in [-0.4, -0.2) is 53.8 Å². The molecule has 2 fully saturated rings. The molecule has 1 aliphatic carbocycles. The SMILES string of the molecule is O=C(Nc1ncc(Cl)s1)N(C1CCCCCC1)C1CCN(S(=O)(=O)Cc2ccccc2)CC1. The lowest BCUT2D eigenvalue weighted by Crippen LogP contribution is -2.53. The van der Waals surface area contributed by atoms with Crippen molar-refractivity contribution in [2.75, 3.05) is 18.4 Å². The second-order valence-corrected chi connectivity index (χ2v) is 12.5. The molecule has 2 amide bonds. The van der Waals surface area contributed by atoms with Gasteiger partial charge in [-0.3, -0.25) is 5.32 Å². The lowest BCUT2D eigenvalue weighted by molar-refractivity contribution is 0.116. The first-order chi connectivity index (χ1) is 15.9. The van der Waals surface area contributed by atoms with Gasteiger partial charge in [0.2, 0.25) is 10.0 Å². The first-order valence-electron chi connectivity index (χ1n) is 11.6. The Morgan fingerprint density at radius 1 is 1.06 bits per heavy atom. The molecule has 33 heavy (non-hydrogen) atoms. The van der Waals surface area contributed by atoms with Gasteiger partial charge in [0, 0.05) is 25.2 Å². The standard InChI is InChI=1S/C23H31ClN4O3S2/c24-21-16-25-22(32-21)26-23(29)28(19-10-6-1-2-7-11-19)20-12-14-27(15-13-20)33(30,31)17-18-8-4-3-5-9-18/h3-5,8-9,16,19-20H,1-2,6-7,10-15,17H2,(H,25,26,29). The molecule has 1 aliphatic heterocycles. The number of nitrogens with zero attached hydrogens (tertiary/aromatic N) is 3. The smallest absolute Gasteiger partial charge is 0.318 e. The molecule has 1 aromatic carbocycles. The summed E-state index contributed by atoms with van der Waals surface area (Å²) in [5, 5.41) is 3.42. The van der Waals surface area contributed by atoms with Crippen molar-refractivity contribution in [3.05, 3.63) is 46.4 Å². The number of carbonyl (C=O) groups excluding carboxylic acids is 1. The van der Waals surface area contributed by atoms with Crippen LogP contribution >= 0.6 is 22.9 Å². The number of aromatic nitrogens is 1. The monoisotopic (exact) mass is 510 g/mol. The summed E-state index contributed by atoms with van der Waals surface area (Å²) in [6.07, 6.45) is 9.40. The topological polar surface area (TPSA) is 82.6 Å². The van der Waals surface area contributed by atoms with Crippen molar-refractivity contribution in [1.29, 1.82) is 0 Å². The Balaban J connectivity index is 1.44. The van der Waals surface area contributed by atoms with Crippen molar-refractivity contribution in [1.82, 2.24) is 14.2 Å². The van der Waals surface area contributed by atoms with E-state index in [-0.39, 0.29) is 23.9 Å². The minimum Gasteiger partial charge on any atom is -0.318 e. The molecule has 180 valence electrons. The molecule has 4 rings (SSSR count). The molecular weight excluding hydrogens is 480 g/mol. The van der Waals surface area contributed by atoms with Gasteiger partial charge in [-0.15, -0.1) is 0 Å². The van der Waals surface area contributed by atoms with Gasteiger partial charge in [-0.05, 0) is 31.2 Å². The lowest BCUT2D eigenvalue weighted by atomic mass is 9.99. The molecule has 2 aliphatic rings. The van der Waals surface area contributed by atoms with Crippen molar-refractivity contribution in [2.24, 2.45) is 0 Å². The van der Waals surface area contributed by atoms with Gasteiger partial charge in [0.05, 0.1) is 11.9 Å². The van der Waals surface area contributed by atoms with E-state index in [1.807, 2.05) is 35.2 Å². The molecular formula is C23H31ClN4O3S2. The van der Waals surface area contributed by atoms with Crippen molar-refractivity contribution >= 4 is 44.1 Å². The van der Waals surface area contributed by atoms with Crippen LogP contribution in [0.5, 0.6) is 0 Å². The molecule has 1 saturated carbocycles. The molecule has 0 radical (unpaired) electrons. The van der Waals surface area contributed by atoms with Crippen molar-refractivity contribution in [2.45, 2.75) is 69.2 Å². The maximum atomic E-state index is 13.4. The number of urea groups is 1. The number of hydrogen-bond donors (Lipinski definition) is 1. The quantitative estimate of drug-likeness (QED) is 0.531. The van der Waals surface area contributed by atoms with Gasteiger partial charge in [-0.2, -0.15) is 0 Å². The maximum Gasteiger partial charge on any atom is 0.324 e. The number of benzene rings is 1. The molecule has 0 spiro atoms. The van der Waals surface area contributed by atoms with Crippen molar-refractivity contribution in [3.63, 3.8) is 0 Å². The number of sulfonamides is 1. The average molecular weight is 511 g/mol. The van der Waals surface area contributed by atoms with Crippen LogP contribution in [0.2, 0.25) is 4.34 Å². The number of halogens is 1. The maximum absolute atomic E-state index is 13.4. The Morgan fingerprint density at radius 3 is 2.30 bits per heavy atom. The molecule has 7 nitrogen and oxygen atoms in total. The van der Waals surface area contributed by atoms with E-state index < -0.39 is 10.0 Å². The summed E-state index contributed by atoms with van der Waals surface area (Å²) in [6.45, 7) is 0.860. The van der Waals surface area contributed by atoms with Gasteiger partial charge >= 0.3 is 6.03 Å². The third-order valence-electron chi connectivity index (χ3n) is 6.55. The van der Waals surface area contributed by atoms with Crippen LogP contribution < -0.4 is 5.32 Å². The van der Waals surface area contributed by atoms with Crippen LogP contribution in [0.4, 0.5) is 9.93 Å². The predicted molar refractivity (Wildman–Crippen MR) is 133 cm³/mol. The first kappa shape index (κ1) is 24.4. The summed E-state index contributed by atoms with van der Waals surface area (Å²) >= 11 is 7.23. The van der Waals surface area contributed by atoms with Gasteiger partial charge in [0.1, 0.15) is 4.34 Å². The Bertz CT molecular complexity index is 1020. The highest BCUT2D eigenvalue weighted by Gasteiger charge is 2.36. The average Bonchev–Trinajstić information content (AvgIpc) is 3.03. The zero-order valence-corrected chi connectivity index (χ0v) is 21.0. The van der Waals surface area contributed by atoms with Gasteiger partial charge in [-0.1, -0.05) is 79.0 Å². The van der Waals surface area contributed by atoms with Gasteiger partial charge in [0.25, 0.3) is 0 Å². The van der Waals surface area contributed by atoms with Gasteiger partial charge < -0.3 is 4.90 Å². The molecule has 2 heterocycles. The molecule has 0 atom stereocenters. The fourth-order valence-corrected chi connectivity index (χ4v) is 7.27. The Hall–Kier alpha value is -1.68. The van der Waals surface area contributed by atoms with E-state index in [1.165, 1.54) is 30.4 Å². The van der Waals surface area contributed by atoms with Crippen LogP contribution in [0.15, 0.2) is 36.5 Å². The number of rotatable bonds is 6. The highest BCUT2D eigenvalue weighted by Crippen LogP contribution is 2.30. The summed E-state index contributed by atoms with van der Waals surface area (Å²) in [5.41, 5.74) is 0.793. The largest absolute Gasteiger partial charge is 0.324 e. The van der Waals surface area contributed by atoms with Crippen LogP contribution in [0.1, 0.15) is 56.9 Å². The Kier molecular flexibility index (Phi) is 8.27. The predicted octanol–water partition coefficient (Wildman–Crippen LogP) is 5.35. The van der Waals surface area contributed by atoms with Crippen LogP contribution in [0, 0.1) is 0 Å². The lowest BCUT2D eigenvalue weighted by Gasteiger charge is -2.42. The zero-order chi connectivity index (χ0) is 23.3. The number of thiazole rings is 1. The fourth-order valence-electron chi connectivity index (χ4n) is 4.91. The molecule has 10 heteroatoms. The molecule has 1 N–H and O–H groups in total. The zero-order valence-electron chi connectivity index (χ0n) is 18.7. The second-order valence-electron chi connectivity index (χ2n) is 8.82. The molecule has 1 saturated heterocycles. The van der Waals surface area contributed by atoms with Crippen molar-refractivity contribution < 1.29 is 13.2 Å². The van der Waals surface area contributed by atoms with E-state index in [0.717, 1.165) is 31.2 Å². The van der Waals surface area contributed by atoms with E-state index in [0.29, 0.717) is 35.4 Å². The van der Waals surface area contributed by atoms with Gasteiger partial charge in [-0.25, -0.2) is 22.5 Å². The number of amides is 2. The van der Waals surface area contributed by atoms with E-state index in [2.05, 4.69) is 10.3 Å². The number of carbonyl (C=O) groups is 1. The molecule has 0 bridgehead atoms. The highest BCUT2D eigenvalue weighted by atomic mass is 35.5. The minimum atomic E-state index is -3.39. The summed E-state index contributed by atoms with van der Waals surface area (Å²) < 4.78 is 28.1. The van der Waals surface area contributed by atoms with Crippen molar-refractivity contribution in [3.8, 4) is 0 Å². The summed E-state index contributed by atoms with van der Waals surface area (Å²) in [4.78, 5) is 19.5. The van der Waals surface area contributed by atoms with Gasteiger partial charge in [0.15, 0.2) is 5.13 Å². The fraction of sp³-hybridized carbons (Fsp3) is 0.565. The molecule has 0 unspecified atom stereocenters. The van der Waals surface area contributed by atoms with E-state index in [4.69, 9.17) is 11.6 Å². The summed E-state index contributed by atoms with van der Waals surface area (Å²) in [6, 6.07) is 9.30. The highest BCUT2D eigenvalue weighted by molar-refractivity contribution is 7.88. The number of piperidine rings is 1. The van der Waals surface area contributed by atoms with Crippen LogP contribution in [0.3, 0.4) is 0 Å². The summed E-state index contributed by atoms with van der Waals surface area (Å²) in [7, 11) is -3.39. The Labute approximate surface area is 205 Å². The third-order valence-corrected chi connectivity index (χ3v) is 9.43. The molecule has 2 aromatic rings. The first-order valence-corrected chi connectivity index (χ1v) is 14.4. The number of anilines is 1. The second kappa shape index (κ2) is 11.2. The van der Waals surface area contributed by atoms with Crippen LogP contribution in [0.25, 0.3) is 0 Å². The van der Waals surface area contributed by atoms with E-state index in [9.17, 15) is 13.2 Å². The van der Waals surface area contributed by atoms with Crippen LogP contribution in [-0.2, 0) is 15.8 Å². The minimum absolute atomic E-state index is 0.00621. The summed E-state index contributed by atoms with van der Waals surface area (Å²) in [5.74, 6) is 0.0101. The number of hydrogen-bond acceptors (Lipinski definition) is 5. The Morgan fingerprint density at radius 2 is 1.70 bits per heavy atom. The normalized spacial score (nSPS) is 19.2. The van der Waals surface area contributed by atoms with E-state index in [1.54, 1.807) is 4.31 Å². The third kappa shape index (κ3) is 6.47. The number of nitrogens with one attached hydrogen (secondary N) is 1. The van der Waals surface area contributed by atoms with E-state index >= 15 is 0 Å². The molecule has 1 aromatic heterocycles.